The lowest BCUT2D eigenvalue weighted by Gasteiger charge is -2.60. The standard InChI is InChI=1S/C21H28O6S/c1-13-9-10-17-14(2)18(28(22,23)15-7-5-4-6-8-15)24-19-21(17)16(13)11-12-20(3,25-19)26-27-21/h4-8,13-14,16-19H,9-12H2,1-3H3/t13-,14-,16+,17+,18-,19-,20+,21-/m1/s1. The van der Waals surface area contributed by atoms with E-state index in [0.29, 0.717) is 12.3 Å². The summed E-state index contributed by atoms with van der Waals surface area (Å²) in [6, 6.07) is 8.54. The third-order valence-corrected chi connectivity index (χ3v) is 9.56. The Balaban J connectivity index is 1.59. The van der Waals surface area contributed by atoms with Crippen molar-refractivity contribution < 1.29 is 27.7 Å². The summed E-state index contributed by atoms with van der Waals surface area (Å²) in [6.07, 6.45) is 2.82. The summed E-state index contributed by atoms with van der Waals surface area (Å²) in [5, 5.41) is 0. The number of hydrogen-bond acceptors (Lipinski definition) is 6. The fourth-order valence-electron chi connectivity index (χ4n) is 5.97. The predicted octanol–water partition coefficient (Wildman–Crippen LogP) is 3.67. The molecule has 1 saturated carbocycles. The molecule has 4 heterocycles. The van der Waals surface area contributed by atoms with Gasteiger partial charge < -0.3 is 9.47 Å². The maximum absolute atomic E-state index is 13.4. The van der Waals surface area contributed by atoms with E-state index in [1.807, 2.05) is 19.9 Å². The summed E-state index contributed by atoms with van der Waals surface area (Å²) >= 11 is 0. The zero-order chi connectivity index (χ0) is 19.7. The molecule has 0 unspecified atom stereocenters. The van der Waals surface area contributed by atoms with Crippen molar-refractivity contribution in [3.8, 4) is 0 Å². The molecule has 5 fully saturated rings. The molecule has 7 heteroatoms. The molecule has 2 bridgehead atoms. The van der Waals surface area contributed by atoms with E-state index in [4.69, 9.17) is 19.2 Å². The highest BCUT2D eigenvalue weighted by Gasteiger charge is 2.70. The molecule has 0 N–H and O–H groups in total. The summed E-state index contributed by atoms with van der Waals surface area (Å²) in [5.41, 5.74) is -1.70. The summed E-state index contributed by atoms with van der Waals surface area (Å²) in [5.74, 6) is -0.461. The normalized spacial score (nSPS) is 48.0. The van der Waals surface area contributed by atoms with Crippen LogP contribution in [-0.4, -0.2) is 31.5 Å². The number of rotatable bonds is 2. The van der Waals surface area contributed by atoms with Crippen LogP contribution in [0, 0.1) is 23.7 Å². The SMILES string of the molecule is C[C@@H]1[C@@H]2CC[C@@H](C)[C@@H]3CC[C@]4(C)OO[C@@]23[C@H](O[C@@H]1S(=O)(=O)c1ccccc1)O4. The van der Waals surface area contributed by atoms with Crippen LogP contribution in [0.3, 0.4) is 0 Å². The van der Waals surface area contributed by atoms with E-state index >= 15 is 0 Å². The minimum atomic E-state index is -3.66. The van der Waals surface area contributed by atoms with Gasteiger partial charge in [-0.15, -0.1) is 0 Å². The summed E-state index contributed by atoms with van der Waals surface area (Å²) in [6.45, 7) is 6.06. The Hall–Kier alpha value is -0.990. The third kappa shape index (κ3) is 2.50. The van der Waals surface area contributed by atoms with Gasteiger partial charge in [0.2, 0.25) is 15.6 Å². The van der Waals surface area contributed by atoms with Gasteiger partial charge in [0, 0.05) is 18.3 Å². The smallest absolute Gasteiger partial charge is 0.205 e. The van der Waals surface area contributed by atoms with Crippen LogP contribution in [0.5, 0.6) is 0 Å². The summed E-state index contributed by atoms with van der Waals surface area (Å²) in [7, 11) is -3.66. The number of ether oxygens (including phenoxy) is 2. The van der Waals surface area contributed by atoms with Gasteiger partial charge in [-0.25, -0.2) is 18.2 Å². The van der Waals surface area contributed by atoms with Gasteiger partial charge in [-0.3, -0.25) is 0 Å². The highest BCUT2D eigenvalue weighted by Crippen LogP contribution is 2.61. The molecule has 1 aliphatic carbocycles. The molecule has 6 nitrogen and oxygen atoms in total. The summed E-state index contributed by atoms with van der Waals surface area (Å²) in [4.78, 5) is 12.1. The van der Waals surface area contributed by atoms with Crippen molar-refractivity contribution in [1.29, 1.82) is 0 Å². The van der Waals surface area contributed by atoms with Crippen LogP contribution < -0.4 is 0 Å². The fourth-order valence-corrected chi connectivity index (χ4v) is 7.78. The largest absolute Gasteiger partial charge is 0.329 e. The van der Waals surface area contributed by atoms with Gasteiger partial charge in [0.15, 0.2) is 17.3 Å². The maximum atomic E-state index is 13.4. The second kappa shape index (κ2) is 6.25. The number of benzene rings is 1. The van der Waals surface area contributed by atoms with Crippen molar-refractivity contribution in [1.82, 2.24) is 0 Å². The fraction of sp³-hybridized carbons (Fsp3) is 0.714. The van der Waals surface area contributed by atoms with Crippen LogP contribution in [0.25, 0.3) is 0 Å². The molecule has 4 saturated heterocycles. The van der Waals surface area contributed by atoms with Gasteiger partial charge in [-0.05, 0) is 50.2 Å². The molecule has 5 aliphatic rings. The Kier molecular flexibility index (Phi) is 4.24. The van der Waals surface area contributed by atoms with E-state index < -0.39 is 33.0 Å². The molecule has 0 amide bonds. The van der Waals surface area contributed by atoms with E-state index in [2.05, 4.69) is 6.92 Å². The molecule has 8 atom stereocenters. The number of sulfone groups is 1. The van der Waals surface area contributed by atoms with Crippen molar-refractivity contribution in [2.75, 3.05) is 0 Å². The molecule has 0 aromatic heterocycles. The zero-order valence-corrected chi connectivity index (χ0v) is 17.4. The minimum absolute atomic E-state index is 0.00131. The van der Waals surface area contributed by atoms with E-state index in [1.54, 1.807) is 24.3 Å². The maximum Gasteiger partial charge on any atom is 0.205 e. The lowest BCUT2D eigenvalue weighted by molar-refractivity contribution is -0.568. The lowest BCUT2D eigenvalue weighted by Crippen LogP contribution is -2.71. The van der Waals surface area contributed by atoms with Crippen LogP contribution in [-0.2, 0) is 29.1 Å². The molecule has 28 heavy (non-hydrogen) atoms. The first-order valence-electron chi connectivity index (χ1n) is 10.3. The van der Waals surface area contributed by atoms with Crippen LogP contribution >= 0.6 is 0 Å². The molecule has 1 aromatic rings. The van der Waals surface area contributed by atoms with Gasteiger partial charge in [0.05, 0.1) is 4.90 Å². The monoisotopic (exact) mass is 408 g/mol. The molecule has 154 valence electrons. The average molecular weight is 409 g/mol. The molecule has 1 aromatic carbocycles. The average Bonchev–Trinajstić information content (AvgIpc) is 2.91. The van der Waals surface area contributed by atoms with Crippen molar-refractivity contribution in [2.24, 2.45) is 23.7 Å². The Morgan fingerprint density at radius 3 is 2.50 bits per heavy atom. The van der Waals surface area contributed by atoms with Crippen LogP contribution in [0.2, 0.25) is 0 Å². The van der Waals surface area contributed by atoms with Gasteiger partial charge in [0.25, 0.3) is 0 Å². The minimum Gasteiger partial charge on any atom is -0.329 e. The topological polar surface area (TPSA) is 71.1 Å². The van der Waals surface area contributed by atoms with Gasteiger partial charge in [-0.1, -0.05) is 32.0 Å². The molecular formula is C21H28O6S. The first kappa shape index (κ1) is 19.0. The summed E-state index contributed by atoms with van der Waals surface area (Å²) < 4.78 is 39.3. The third-order valence-electron chi connectivity index (χ3n) is 7.47. The Labute approximate surface area is 166 Å². The molecule has 1 spiro atoms. The Morgan fingerprint density at radius 1 is 1.00 bits per heavy atom. The van der Waals surface area contributed by atoms with E-state index in [9.17, 15) is 8.42 Å². The highest BCUT2D eigenvalue weighted by atomic mass is 32.2. The van der Waals surface area contributed by atoms with Crippen LogP contribution in [0.15, 0.2) is 35.2 Å². The number of hydrogen-bond donors (Lipinski definition) is 0. The zero-order valence-electron chi connectivity index (χ0n) is 16.5. The van der Waals surface area contributed by atoms with E-state index in [0.717, 1.165) is 19.3 Å². The van der Waals surface area contributed by atoms with Crippen molar-refractivity contribution in [3.05, 3.63) is 30.3 Å². The molecular weight excluding hydrogens is 380 g/mol. The van der Waals surface area contributed by atoms with Gasteiger partial charge in [-0.2, -0.15) is 0 Å². The molecule has 4 aliphatic heterocycles. The Morgan fingerprint density at radius 2 is 1.75 bits per heavy atom. The van der Waals surface area contributed by atoms with Crippen LogP contribution in [0.1, 0.15) is 46.5 Å². The van der Waals surface area contributed by atoms with Crippen molar-refractivity contribution >= 4 is 9.84 Å². The first-order valence-corrected chi connectivity index (χ1v) is 11.8. The second-order valence-corrected chi connectivity index (χ2v) is 11.2. The lowest BCUT2D eigenvalue weighted by atomic mass is 9.58. The molecule has 6 rings (SSSR count). The highest BCUT2D eigenvalue weighted by molar-refractivity contribution is 7.92. The van der Waals surface area contributed by atoms with Crippen molar-refractivity contribution in [3.63, 3.8) is 0 Å². The predicted molar refractivity (Wildman–Crippen MR) is 100 cm³/mol. The quantitative estimate of drug-likeness (QED) is 0.696. The second-order valence-electron chi connectivity index (χ2n) is 9.13. The number of fused-ring (bicyclic) bond motifs is 2. The Bertz CT molecular complexity index is 857. The van der Waals surface area contributed by atoms with Gasteiger partial charge in [0.1, 0.15) is 0 Å². The van der Waals surface area contributed by atoms with Crippen LogP contribution in [0.4, 0.5) is 0 Å². The van der Waals surface area contributed by atoms with Crippen molar-refractivity contribution in [2.45, 2.75) is 74.5 Å². The van der Waals surface area contributed by atoms with Gasteiger partial charge >= 0.3 is 0 Å². The van der Waals surface area contributed by atoms with E-state index in [-0.39, 0.29) is 22.6 Å². The first-order chi connectivity index (χ1) is 13.3. The molecule has 0 radical (unpaired) electrons. The van der Waals surface area contributed by atoms with E-state index in [1.165, 1.54) is 0 Å².